The van der Waals surface area contributed by atoms with Crippen molar-refractivity contribution in [3.63, 3.8) is 0 Å². The van der Waals surface area contributed by atoms with E-state index in [9.17, 15) is 49.1 Å². The molecule has 1 N–H and O–H groups in total. The molecule has 1 aliphatic carbocycles. The van der Waals surface area contributed by atoms with Crippen LogP contribution in [-0.4, -0.2) is 59.8 Å². The normalized spacial score (nSPS) is 25.7. The Kier molecular flexibility index (Phi) is 4.32. The summed E-state index contributed by atoms with van der Waals surface area (Å²) >= 11 is 0. The first kappa shape index (κ1) is 19.3. The number of aliphatic hydroxyl groups is 1. The number of hydrogen-bond donors (Lipinski definition) is 1. The van der Waals surface area contributed by atoms with Gasteiger partial charge in [-0.2, -0.15) is 39.5 Å². The molecule has 0 heterocycles. The smallest absolute Gasteiger partial charge is 0.391 e. The summed E-state index contributed by atoms with van der Waals surface area (Å²) in [6.07, 6.45) is 0. The van der Waals surface area contributed by atoms with Gasteiger partial charge in [-0.3, -0.25) is 0 Å². The van der Waals surface area contributed by atoms with Gasteiger partial charge in [0.15, 0.2) is 6.61 Å². The number of ether oxygens (including phenoxy) is 2. The molecule has 0 aromatic carbocycles. The van der Waals surface area contributed by atoms with Crippen molar-refractivity contribution in [1.29, 1.82) is 0 Å². The second-order valence-electron chi connectivity index (χ2n) is 4.19. The van der Waals surface area contributed by atoms with Crippen LogP contribution in [0.3, 0.4) is 0 Å². The molecule has 23 heavy (non-hydrogen) atoms. The van der Waals surface area contributed by atoms with Crippen LogP contribution in [0.25, 0.3) is 0 Å². The van der Waals surface area contributed by atoms with Gasteiger partial charge in [-0.25, -0.2) is 9.59 Å². The Balaban J connectivity index is 3.17. The van der Waals surface area contributed by atoms with Crippen molar-refractivity contribution in [3.8, 4) is 0 Å². The first-order chi connectivity index (χ1) is 10.1. The lowest BCUT2D eigenvalue weighted by molar-refractivity contribution is -0.343. The number of esters is 2. The van der Waals surface area contributed by atoms with Gasteiger partial charge >= 0.3 is 41.5 Å². The maximum Gasteiger partial charge on any atom is 0.391 e. The summed E-state index contributed by atoms with van der Waals surface area (Å²) in [5.74, 6) is -38.0. The van der Waals surface area contributed by atoms with E-state index >= 15 is 0 Å². The number of carbonyl (C=O) groups is 2. The number of rotatable bonds is 4. The zero-order valence-electron chi connectivity index (χ0n) is 10.4. The first-order valence-corrected chi connectivity index (χ1v) is 5.28. The van der Waals surface area contributed by atoms with Crippen LogP contribution in [0.1, 0.15) is 0 Å². The number of alkyl halides is 9. The lowest BCUT2D eigenvalue weighted by atomic mass is 10.1. The Bertz CT molecular complexity index is 492. The molecule has 0 saturated heterocycles. The molecule has 0 unspecified atom stereocenters. The molecule has 14 heteroatoms. The molecule has 1 rings (SSSR count). The van der Waals surface area contributed by atoms with Crippen LogP contribution in [0.15, 0.2) is 0 Å². The molecule has 0 atom stereocenters. The Morgan fingerprint density at radius 1 is 0.739 bits per heavy atom. The van der Waals surface area contributed by atoms with Crippen molar-refractivity contribution in [3.05, 3.63) is 0 Å². The van der Waals surface area contributed by atoms with Crippen LogP contribution in [0.4, 0.5) is 39.5 Å². The van der Waals surface area contributed by atoms with Crippen LogP contribution in [0.5, 0.6) is 0 Å². The second kappa shape index (κ2) is 5.14. The maximum atomic E-state index is 13.6. The van der Waals surface area contributed by atoms with E-state index < -0.39 is 54.7 Å². The highest BCUT2D eigenvalue weighted by Crippen LogP contribution is 2.69. The predicted octanol–water partition coefficient (Wildman–Crippen LogP) is 1.29. The van der Waals surface area contributed by atoms with Crippen LogP contribution >= 0.6 is 0 Å². The summed E-state index contributed by atoms with van der Waals surface area (Å²) in [4.78, 5) is 21.2. The lowest BCUT2D eigenvalue weighted by Gasteiger charge is -2.29. The van der Waals surface area contributed by atoms with Gasteiger partial charge in [0, 0.05) is 0 Å². The number of aliphatic hydroxyl groups excluding tert-OH is 1. The molecule has 0 aliphatic heterocycles. The maximum absolute atomic E-state index is 13.6. The molecule has 134 valence electrons. The number of hydrogen-bond acceptors (Lipinski definition) is 5. The van der Waals surface area contributed by atoms with E-state index in [1.807, 2.05) is 0 Å². The third-order valence-corrected chi connectivity index (χ3v) is 2.73. The molecule has 0 spiro atoms. The monoisotopic (exact) mass is 364 g/mol. The fourth-order valence-corrected chi connectivity index (χ4v) is 1.49. The minimum atomic E-state index is -6.89. The fraction of sp³-hybridized carbons (Fsp3) is 0.778. The Labute approximate surface area is 119 Å². The highest BCUT2D eigenvalue weighted by Gasteiger charge is 3.03. The molecule has 0 aromatic heterocycles. The SMILES string of the molecule is O=C(CO)OCC(=O)OC1(F)C(F)(F)C(F)(F)C(F)(F)C1(F)F. The van der Waals surface area contributed by atoms with E-state index in [4.69, 9.17) is 5.11 Å². The zero-order valence-corrected chi connectivity index (χ0v) is 10.4. The van der Waals surface area contributed by atoms with E-state index in [1.54, 1.807) is 0 Å². The summed E-state index contributed by atoms with van der Waals surface area (Å²) in [6, 6.07) is 0. The molecule has 5 nitrogen and oxygen atoms in total. The summed E-state index contributed by atoms with van der Waals surface area (Å²) in [5, 5.41) is 8.15. The molecule has 0 amide bonds. The van der Waals surface area contributed by atoms with Crippen molar-refractivity contribution in [2.45, 2.75) is 29.5 Å². The van der Waals surface area contributed by atoms with Crippen molar-refractivity contribution >= 4 is 11.9 Å². The molecule has 0 aromatic rings. The highest BCUT2D eigenvalue weighted by atomic mass is 19.4. The van der Waals surface area contributed by atoms with Crippen molar-refractivity contribution < 1.29 is 63.7 Å². The molecule has 1 fully saturated rings. The minimum absolute atomic E-state index is 1.38. The molecule has 0 bridgehead atoms. The zero-order chi connectivity index (χ0) is 18.5. The standard InChI is InChI=1S/C9H5F9O5/c10-5(11)6(12,13)8(16,17)9(18,7(5,14)15)23-4(21)2-22-3(20)1-19/h19H,1-2H2. The topological polar surface area (TPSA) is 72.8 Å². The summed E-state index contributed by atoms with van der Waals surface area (Å²) in [7, 11) is 0. The first-order valence-electron chi connectivity index (χ1n) is 5.28. The Hall–Kier alpha value is -1.73. The fourth-order valence-electron chi connectivity index (χ4n) is 1.49. The Morgan fingerprint density at radius 3 is 1.48 bits per heavy atom. The lowest BCUT2D eigenvalue weighted by Crippen LogP contribution is -2.57. The van der Waals surface area contributed by atoms with Crippen LogP contribution in [0.2, 0.25) is 0 Å². The third-order valence-electron chi connectivity index (χ3n) is 2.73. The van der Waals surface area contributed by atoms with E-state index in [-0.39, 0.29) is 0 Å². The van der Waals surface area contributed by atoms with Gasteiger partial charge in [0.05, 0.1) is 0 Å². The van der Waals surface area contributed by atoms with Crippen molar-refractivity contribution in [1.82, 2.24) is 0 Å². The van der Waals surface area contributed by atoms with E-state index in [2.05, 4.69) is 9.47 Å². The average molecular weight is 364 g/mol. The summed E-state index contributed by atoms with van der Waals surface area (Å²) in [6.45, 7) is -3.26. The van der Waals surface area contributed by atoms with E-state index in [1.165, 1.54) is 0 Å². The third kappa shape index (κ3) is 2.21. The van der Waals surface area contributed by atoms with Gasteiger partial charge in [-0.05, 0) is 0 Å². The number of halogens is 9. The Morgan fingerprint density at radius 2 is 1.13 bits per heavy atom. The van der Waals surface area contributed by atoms with Gasteiger partial charge in [-0.1, -0.05) is 0 Å². The second-order valence-corrected chi connectivity index (χ2v) is 4.19. The van der Waals surface area contributed by atoms with Gasteiger partial charge in [0.2, 0.25) is 0 Å². The molecule has 0 radical (unpaired) electrons. The molecule has 1 saturated carbocycles. The summed E-state index contributed by atoms with van der Waals surface area (Å²) in [5.41, 5.74) is 0. The van der Waals surface area contributed by atoms with Gasteiger partial charge in [0.1, 0.15) is 6.61 Å². The van der Waals surface area contributed by atoms with E-state index in [0.29, 0.717) is 0 Å². The minimum Gasteiger partial charge on any atom is -0.452 e. The highest BCUT2D eigenvalue weighted by molar-refractivity contribution is 5.77. The van der Waals surface area contributed by atoms with Gasteiger partial charge in [-0.15, -0.1) is 0 Å². The van der Waals surface area contributed by atoms with Crippen LogP contribution in [0, 0.1) is 0 Å². The van der Waals surface area contributed by atoms with Crippen LogP contribution in [-0.2, 0) is 19.1 Å². The number of carbonyl (C=O) groups excluding carboxylic acids is 2. The average Bonchev–Trinajstić information content (AvgIpc) is 2.47. The van der Waals surface area contributed by atoms with Gasteiger partial charge in [0.25, 0.3) is 0 Å². The largest absolute Gasteiger partial charge is 0.452 e. The molecular formula is C9H5F9O5. The quantitative estimate of drug-likeness (QED) is 0.601. The van der Waals surface area contributed by atoms with Crippen molar-refractivity contribution in [2.24, 2.45) is 0 Å². The summed E-state index contributed by atoms with van der Waals surface area (Å²) < 4.78 is 123. The van der Waals surface area contributed by atoms with Gasteiger partial charge < -0.3 is 14.6 Å². The molecular weight excluding hydrogens is 359 g/mol. The predicted molar refractivity (Wildman–Crippen MR) is 47.8 cm³/mol. The van der Waals surface area contributed by atoms with E-state index in [0.717, 1.165) is 0 Å². The van der Waals surface area contributed by atoms with Crippen LogP contribution < -0.4 is 0 Å². The van der Waals surface area contributed by atoms with Crippen molar-refractivity contribution in [2.75, 3.05) is 13.2 Å². The molecule has 1 aliphatic rings.